The second-order valence-corrected chi connectivity index (χ2v) is 10.5. The third kappa shape index (κ3) is 5.14. The predicted octanol–water partition coefficient (Wildman–Crippen LogP) is 3.78. The molecule has 0 amide bonds. The van der Waals surface area contributed by atoms with Gasteiger partial charge in [-0.05, 0) is 54.4 Å². The van der Waals surface area contributed by atoms with Crippen LogP contribution < -0.4 is 4.18 Å². The first-order valence-electron chi connectivity index (χ1n) is 9.05. The lowest BCUT2D eigenvalue weighted by atomic mass is 10.1. The fourth-order valence-corrected chi connectivity index (χ4v) is 5.14. The molecule has 0 aliphatic heterocycles. The van der Waals surface area contributed by atoms with Gasteiger partial charge in [-0.2, -0.15) is 12.7 Å². The van der Waals surface area contributed by atoms with Gasteiger partial charge in [-0.25, -0.2) is 8.42 Å². The molecular weight excluding hydrogens is 410 g/mol. The van der Waals surface area contributed by atoms with Gasteiger partial charge < -0.3 is 4.18 Å². The minimum Gasteiger partial charge on any atom is -0.383 e. The van der Waals surface area contributed by atoms with Crippen LogP contribution in [0.3, 0.4) is 0 Å². The van der Waals surface area contributed by atoms with Gasteiger partial charge in [-0.15, -0.1) is 0 Å². The van der Waals surface area contributed by atoms with Crippen molar-refractivity contribution in [3.8, 4) is 5.75 Å². The van der Waals surface area contributed by atoms with E-state index in [0.29, 0.717) is 0 Å². The van der Waals surface area contributed by atoms with Gasteiger partial charge in [0, 0.05) is 12.6 Å². The quantitative estimate of drug-likeness (QED) is 0.530. The summed E-state index contributed by atoms with van der Waals surface area (Å²) in [7, 11) is -7.33. The zero-order chi connectivity index (χ0) is 21.2. The maximum atomic E-state index is 13.3. The second-order valence-electron chi connectivity index (χ2n) is 7.08. The lowest BCUT2D eigenvalue weighted by molar-refractivity contribution is 0.348. The second kappa shape index (κ2) is 8.14. The SMILES string of the molecule is CC(C)N(Cc1ccc(OS(C)(=O)=O)cc1)S(=O)(=O)c1ccc2ccccc2c1. The number of rotatable bonds is 7. The van der Waals surface area contributed by atoms with Crippen LogP contribution >= 0.6 is 0 Å². The summed E-state index contributed by atoms with van der Waals surface area (Å²) in [6.45, 7) is 3.80. The highest BCUT2D eigenvalue weighted by atomic mass is 32.2. The monoisotopic (exact) mass is 433 g/mol. The van der Waals surface area contributed by atoms with Crippen LogP contribution in [0.4, 0.5) is 0 Å². The van der Waals surface area contributed by atoms with E-state index in [2.05, 4.69) is 0 Å². The molecule has 3 rings (SSSR count). The summed E-state index contributed by atoms with van der Waals surface area (Å²) in [4.78, 5) is 0.238. The highest BCUT2D eigenvalue weighted by molar-refractivity contribution is 7.89. The lowest BCUT2D eigenvalue weighted by Gasteiger charge is -2.26. The van der Waals surface area contributed by atoms with Crippen LogP contribution in [0.1, 0.15) is 19.4 Å². The molecule has 3 aromatic carbocycles. The van der Waals surface area contributed by atoms with E-state index in [9.17, 15) is 16.8 Å². The third-order valence-corrected chi connectivity index (χ3v) is 6.93. The number of nitrogens with zero attached hydrogens (tertiary/aromatic N) is 1. The number of sulfonamides is 1. The molecule has 0 spiro atoms. The van der Waals surface area contributed by atoms with Crippen LogP contribution in [0.15, 0.2) is 71.6 Å². The summed E-state index contributed by atoms with van der Waals surface area (Å²) in [5, 5.41) is 1.84. The van der Waals surface area contributed by atoms with Crippen LogP contribution in [0.25, 0.3) is 10.8 Å². The van der Waals surface area contributed by atoms with Crippen LogP contribution in [0.2, 0.25) is 0 Å². The van der Waals surface area contributed by atoms with Crippen molar-refractivity contribution in [1.29, 1.82) is 0 Å². The Morgan fingerprint density at radius 1 is 0.862 bits per heavy atom. The highest BCUT2D eigenvalue weighted by Gasteiger charge is 2.27. The molecule has 0 fully saturated rings. The number of hydrogen-bond acceptors (Lipinski definition) is 5. The Kier molecular flexibility index (Phi) is 5.97. The molecule has 29 heavy (non-hydrogen) atoms. The maximum Gasteiger partial charge on any atom is 0.306 e. The Bertz CT molecular complexity index is 1220. The zero-order valence-corrected chi connectivity index (χ0v) is 18.1. The largest absolute Gasteiger partial charge is 0.383 e. The summed E-state index contributed by atoms with van der Waals surface area (Å²) in [5.41, 5.74) is 0.726. The fraction of sp³-hybridized carbons (Fsp3) is 0.238. The average molecular weight is 434 g/mol. The molecule has 0 heterocycles. The van der Waals surface area contributed by atoms with E-state index >= 15 is 0 Å². The van der Waals surface area contributed by atoms with Gasteiger partial charge in [0.2, 0.25) is 10.0 Å². The molecule has 3 aromatic rings. The van der Waals surface area contributed by atoms with Crippen molar-refractivity contribution < 1.29 is 21.0 Å². The Morgan fingerprint density at radius 3 is 2.07 bits per heavy atom. The van der Waals surface area contributed by atoms with Gasteiger partial charge >= 0.3 is 10.1 Å². The standard InChI is InChI=1S/C21H23NO5S2/c1-16(2)22(15-17-8-11-20(12-9-17)27-28(3,23)24)29(25,26)21-13-10-18-6-4-5-7-19(18)14-21/h4-14,16H,15H2,1-3H3. The average Bonchev–Trinajstić information content (AvgIpc) is 2.65. The fourth-order valence-electron chi connectivity index (χ4n) is 3.01. The van der Waals surface area contributed by atoms with Crippen LogP contribution in [0, 0.1) is 0 Å². The lowest BCUT2D eigenvalue weighted by Crippen LogP contribution is -2.36. The Labute approximate surface area is 171 Å². The number of benzene rings is 3. The van der Waals surface area contributed by atoms with E-state index in [4.69, 9.17) is 4.18 Å². The molecule has 0 N–H and O–H groups in total. The molecule has 0 radical (unpaired) electrons. The van der Waals surface area contributed by atoms with Gasteiger partial charge in [0.15, 0.2) is 0 Å². The van der Waals surface area contributed by atoms with E-state index < -0.39 is 20.1 Å². The van der Waals surface area contributed by atoms with Gasteiger partial charge in [-0.3, -0.25) is 0 Å². The normalized spacial score (nSPS) is 12.6. The zero-order valence-electron chi connectivity index (χ0n) is 16.4. The third-order valence-electron chi connectivity index (χ3n) is 4.41. The first-order valence-corrected chi connectivity index (χ1v) is 12.3. The first-order chi connectivity index (χ1) is 13.6. The molecule has 0 aromatic heterocycles. The maximum absolute atomic E-state index is 13.3. The van der Waals surface area contributed by atoms with Crippen molar-refractivity contribution in [3.63, 3.8) is 0 Å². The molecule has 8 heteroatoms. The van der Waals surface area contributed by atoms with Gasteiger partial charge in [0.1, 0.15) is 5.75 Å². The molecule has 154 valence electrons. The van der Waals surface area contributed by atoms with E-state index in [-0.39, 0.29) is 23.2 Å². The van der Waals surface area contributed by atoms with Crippen molar-refractivity contribution in [1.82, 2.24) is 4.31 Å². The first kappa shape index (κ1) is 21.3. The minimum atomic E-state index is -3.72. The predicted molar refractivity (Wildman–Crippen MR) is 114 cm³/mol. The van der Waals surface area contributed by atoms with E-state index in [1.807, 2.05) is 38.1 Å². The van der Waals surface area contributed by atoms with Crippen molar-refractivity contribution >= 4 is 30.9 Å². The summed E-state index contributed by atoms with van der Waals surface area (Å²) in [6, 6.07) is 18.8. The van der Waals surface area contributed by atoms with Crippen molar-refractivity contribution in [2.75, 3.05) is 6.26 Å². The van der Waals surface area contributed by atoms with Gasteiger partial charge in [0.25, 0.3) is 0 Å². The van der Waals surface area contributed by atoms with E-state index in [1.54, 1.807) is 30.3 Å². The van der Waals surface area contributed by atoms with Crippen LogP contribution in [0.5, 0.6) is 5.75 Å². The van der Waals surface area contributed by atoms with E-state index in [1.165, 1.54) is 16.4 Å². The summed E-state index contributed by atoms with van der Waals surface area (Å²) in [6.07, 6.45) is 0.970. The molecule has 0 aliphatic rings. The summed E-state index contributed by atoms with van der Waals surface area (Å²) in [5.74, 6) is 0.185. The minimum absolute atomic E-state index is 0.159. The van der Waals surface area contributed by atoms with Crippen molar-refractivity contribution in [3.05, 3.63) is 72.3 Å². The van der Waals surface area contributed by atoms with E-state index in [0.717, 1.165) is 22.6 Å². The van der Waals surface area contributed by atoms with Crippen LogP contribution in [-0.2, 0) is 26.7 Å². The summed E-state index contributed by atoms with van der Waals surface area (Å²) < 4.78 is 55.3. The number of fused-ring (bicyclic) bond motifs is 1. The van der Waals surface area contributed by atoms with Crippen molar-refractivity contribution in [2.24, 2.45) is 0 Å². The molecule has 0 saturated carbocycles. The highest BCUT2D eigenvalue weighted by Crippen LogP contribution is 2.25. The Balaban J connectivity index is 1.90. The Hall–Kier alpha value is -2.42. The molecule has 0 saturated heterocycles. The Morgan fingerprint density at radius 2 is 1.48 bits per heavy atom. The molecule has 0 unspecified atom stereocenters. The molecular formula is C21H23NO5S2. The summed E-state index contributed by atoms with van der Waals surface area (Å²) >= 11 is 0. The topological polar surface area (TPSA) is 80.8 Å². The number of hydrogen-bond donors (Lipinski definition) is 0. The van der Waals surface area contributed by atoms with Gasteiger partial charge in [0.05, 0.1) is 11.2 Å². The molecule has 6 nitrogen and oxygen atoms in total. The van der Waals surface area contributed by atoms with Crippen molar-refractivity contribution in [2.45, 2.75) is 31.3 Å². The van der Waals surface area contributed by atoms with Crippen LogP contribution in [-0.4, -0.2) is 33.4 Å². The molecule has 0 aliphatic carbocycles. The van der Waals surface area contributed by atoms with Gasteiger partial charge in [-0.1, -0.05) is 42.5 Å². The molecule has 0 atom stereocenters. The molecule has 0 bridgehead atoms. The smallest absolute Gasteiger partial charge is 0.306 e.